The van der Waals surface area contributed by atoms with Gasteiger partial charge in [-0.05, 0) is 43.2 Å². The molecule has 1 unspecified atom stereocenters. The van der Waals surface area contributed by atoms with Gasteiger partial charge in [-0.15, -0.1) is 0 Å². The summed E-state index contributed by atoms with van der Waals surface area (Å²) in [5.74, 6) is 0.350. The number of allylic oxidation sites excluding steroid dienone is 1. The zero-order valence-corrected chi connectivity index (χ0v) is 18.7. The molecular formula is C24H24ClFN4O2. The van der Waals surface area contributed by atoms with E-state index in [1.165, 1.54) is 12.1 Å². The second-order valence-corrected chi connectivity index (χ2v) is 8.16. The first-order valence-corrected chi connectivity index (χ1v) is 11.0. The van der Waals surface area contributed by atoms with Gasteiger partial charge in [0.2, 0.25) is 5.82 Å². The first kappa shape index (κ1) is 22.0. The van der Waals surface area contributed by atoms with Crippen molar-refractivity contribution in [2.45, 2.75) is 39.2 Å². The van der Waals surface area contributed by atoms with Gasteiger partial charge in [0, 0.05) is 22.8 Å². The van der Waals surface area contributed by atoms with Crippen LogP contribution < -0.4 is 5.32 Å². The molecule has 6 nitrogen and oxygen atoms in total. The Balaban J connectivity index is 1.77. The topological polar surface area (TPSA) is 71.3 Å². The van der Waals surface area contributed by atoms with Gasteiger partial charge in [-0.2, -0.15) is 4.98 Å². The van der Waals surface area contributed by atoms with Crippen LogP contribution in [0, 0.1) is 5.82 Å². The summed E-state index contributed by atoms with van der Waals surface area (Å²) >= 11 is 6.10. The Morgan fingerprint density at radius 2 is 1.97 bits per heavy atom. The molecule has 0 radical (unpaired) electrons. The second kappa shape index (κ2) is 9.53. The van der Waals surface area contributed by atoms with E-state index in [1.54, 1.807) is 29.2 Å². The average molecular weight is 455 g/mol. The largest absolute Gasteiger partial charge is 0.334 e. The predicted molar refractivity (Wildman–Crippen MR) is 121 cm³/mol. The van der Waals surface area contributed by atoms with Crippen LogP contribution >= 0.6 is 11.6 Å². The number of nitrogens with one attached hydrogen (secondary N) is 1. The number of amides is 2. The first-order valence-electron chi connectivity index (χ1n) is 10.6. The van der Waals surface area contributed by atoms with Crippen molar-refractivity contribution in [3.8, 4) is 11.4 Å². The molecule has 4 rings (SSSR count). The summed E-state index contributed by atoms with van der Waals surface area (Å²) in [6.45, 7) is 4.57. The molecule has 1 aliphatic rings. The Morgan fingerprint density at radius 3 is 2.69 bits per heavy atom. The normalized spacial score (nSPS) is 16.4. The molecule has 1 aromatic heterocycles. The summed E-state index contributed by atoms with van der Waals surface area (Å²) in [6.07, 6.45) is 2.95. The van der Waals surface area contributed by atoms with Gasteiger partial charge in [-0.1, -0.05) is 60.8 Å². The Hall–Kier alpha value is -3.19. The van der Waals surface area contributed by atoms with Gasteiger partial charge in [-0.25, -0.2) is 9.18 Å². The Morgan fingerprint density at radius 1 is 1.19 bits per heavy atom. The number of benzene rings is 2. The molecule has 2 aromatic carbocycles. The van der Waals surface area contributed by atoms with Gasteiger partial charge < -0.3 is 9.84 Å². The molecule has 0 aliphatic carbocycles. The number of rotatable bonds is 7. The molecule has 0 fully saturated rings. The van der Waals surface area contributed by atoms with E-state index in [4.69, 9.17) is 16.1 Å². The minimum atomic E-state index is -0.543. The standard InChI is InChI=1S/C24H24ClFN4O2/c1-3-4-5-13-30-15(2)20(21(27-24(30)31)16-9-11-19(26)12-10-16)23-28-22(29-32-23)17-7-6-8-18(25)14-17/h6-12,14,21H,3-5,13H2,1-2H3,(H,27,31). The third-order valence-electron chi connectivity index (χ3n) is 5.52. The van der Waals surface area contributed by atoms with Gasteiger partial charge >= 0.3 is 6.03 Å². The zero-order chi connectivity index (χ0) is 22.7. The number of nitrogens with zero attached hydrogens (tertiary/aromatic N) is 3. The molecule has 0 saturated heterocycles. The fraction of sp³-hybridized carbons (Fsp3) is 0.292. The van der Waals surface area contributed by atoms with Crippen molar-refractivity contribution in [1.29, 1.82) is 0 Å². The van der Waals surface area contributed by atoms with Gasteiger partial charge in [-0.3, -0.25) is 4.90 Å². The molecule has 2 heterocycles. The highest BCUT2D eigenvalue weighted by Crippen LogP contribution is 2.37. The number of aromatic nitrogens is 2. The summed E-state index contributed by atoms with van der Waals surface area (Å²) in [6, 6.07) is 12.5. The third-order valence-corrected chi connectivity index (χ3v) is 5.76. The van der Waals surface area contributed by atoms with Crippen molar-refractivity contribution in [3.63, 3.8) is 0 Å². The molecule has 8 heteroatoms. The molecule has 0 saturated carbocycles. The average Bonchev–Trinajstić information content (AvgIpc) is 3.26. The first-order chi connectivity index (χ1) is 15.5. The molecule has 3 aromatic rings. The number of hydrogen-bond acceptors (Lipinski definition) is 4. The third kappa shape index (κ3) is 4.53. The number of hydrogen-bond donors (Lipinski definition) is 1. The highest BCUT2D eigenvalue weighted by Gasteiger charge is 2.35. The van der Waals surface area contributed by atoms with Crippen molar-refractivity contribution >= 4 is 23.2 Å². The molecule has 0 spiro atoms. The van der Waals surface area contributed by atoms with Crippen molar-refractivity contribution in [2.75, 3.05) is 6.54 Å². The second-order valence-electron chi connectivity index (χ2n) is 7.73. The Labute approximate surface area is 191 Å². The number of halogens is 2. The predicted octanol–water partition coefficient (Wildman–Crippen LogP) is 6.22. The van der Waals surface area contributed by atoms with Crippen LogP contribution in [0.25, 0.3) is 17.0 Å². The minimum absolute atomic E-state index is 0.203. The monoisotopic (exact) mass is 454 g/mol. The van der Waals surface area contributed by atoms with Crippen LogP contribution in [0.4, 0.5) is 9.18 Å². The molecule has 2 amide bonds. The van der Waals surface area contributed by atoms with Crippen LogP contribution in [-0.2, 0) is 0 Å². The lowest BCUT2D eigenvalue weighted by atomic mass is 9.94. The quantitative estimate of drug-likeness (QED) is 0.430. The van der Waals surface area contributed by atoms with Crippen LogP contribution in [0.1, 0.15) is 50.6 Å². The minimum Gasteiger partial charge on any atom is -0.334 e. The Bertz CT molecular complexity index is 1140. The zero-order valence-electron chi connectivity index (χ0n) is 17.9. The number of carbonyl (C=O) groups is 1. The van der Waals surface area contributed by atoms with E-state index in [1.807, 2.05) is 19.1 Å². The lowest BCUT2D eigenvalue weighted by Gasteiger charge is -2.35. The Kier molecular flexibility index (Phi) is 6.55. The SMILES string of the molecule is CCCCCN1C(=O)NC(c2ccc(F)cc2)C(c2nc(-c3cccc(Cl)c3)no2)=C1C. The highest BCUT2D eigenvalue weighted by atomic mass is 35.5. The summed E-state index contributed by atoms with van der Waals surface area (Å²) in [5, 5.41) is 7.72. The van der Waals surface area contributed by atoms with Crippen LogP contribution in [0.5, 0.6) is 0 Å². The molecule has 1 atom stereocenters. The van der Waals surface area contributed by atoms with E-state index in [0.29, 0.717) is 28.9 Å². The highest BCUT2D eigenvalue weighted by molar-refractivity contribution is 6.30. The van der Waals surface area contributed by atoms with Gasteiger partial charge in [0.15, 0.2) is 0 Å². The van der Waals surface area contributed by atoms with E-state index in [9.17, 15) is 9.18 Å². The number of unbranched alkanes of at least 4 members (excludes halogenated alkanes) is 2. The molecular weight excluding hydrogens is 431 g/mol. The van der Waals surface area contributed by atoms with Gasteiger partial charge in [0.25, 0.3) is 5.89 Å². The maximum absolute atomic E-state index is 13.5. The van der Waals surface area contributed by atoms with Crippen LogP contribution in [-0.4, -0.2) is 27.6 Å². The molecule has 32 heavy (non-hydrogen) atoms. The van der Waals surface area contributed by atoms with Crippen molar-refractivity contribution < 1.29 is 13.7 Å². The van der Waals surface area contributed by atoms with Crippen molar-refractivity contribution in [2.24, 2.45) is 0 Å². The maximum atomic E-state index is 13.5. The number of urea groups is 1. The summed E-state index contributed by atoms with van der Waals surface area (Å²) in [5.41, 5.74) is 2.88. The summed E-state index contributed by atoms with van der Waals surface area (Å²) in [4.78, 5) is 19.2. The summed E-state index contributed by atoms with van der Waals surface area (Å²) < 4.78 is 19.2. The lowest BCUT2D eigenvalue weighted by Crippen LogP contribution is -2.46. The molecule has 1 aliphatic heterocycles. The van der Waals surface area contributed by atoms with Gasteiger partial charge in [0.05, 0.1) is 11.6 Å². The smallest absolute Gasteiger partial charge is 0.322 e. The van der Waals surface area contributed by atoms with Gasteiger partial charge in [0.1, 0.15) is 5.82 Å². The van der Waals surface area contributed by atoms with E-state index < -0.39 is 6.04 Å². The van der Waals surface area contributed by atoms with Crippen molar-refractivity contribution in [1.82, 2.24) is 20.4 Å². The summed E-state index contributed by atoms with van der Waals surface area (Å²) in [7, 11) is 0. The molecule has 1 N–H and O–H groups in total. The van der Waals surface area contributed by atoms with E-state index in [-0.39, 0.29) is 11.8 Å². The molecule has 166 valence electrons. The van der Waals surface area contributed by atoms with Crippen LogP contribution in [0.3, 0.4) is 0 Å². The maximum Gasteiger partial charge on any atom is 0.322 e. The molecule has 0 bridgehead atoms. The van der Waals surface area contributed by atoms with Crippen LogP contribution in [0.2, 0.25) is 5.02 Å². The van der Waals surface area contributed by atoms with E-state index in [2.05, 4.69) is 22.4 Å². The van der Waals surface area contributed by atoms with Crippen LogP contribution in [0.15, 0.2) is 58.8 Å². The number of carbonyl (C=O) groups excluding carboxylic acids is 1. The lowest BCUT2D eigenvalue weighted by molar-refractivity contribution is 0.204. The van der Waals surface area contributed by atoms with Crippen molar-refractivity contribution in [3.05, 3.63) is 76.5 Å². The fourth-order valence-electron chi connectivity index (χ4n) is 3.83. The van der Waals surface area contributed by atoms with E-state index in [0.717, 1.165) is 36.1 Å². The fourth-order valence-corrected chi connectivity index (χ4v) is 4.02. The van der Waals surface area contributed by atoms with E-state index >= 15 is 0 Å².